The van der Waals surface area contributed by atoms with Crippen LogP contribution >= 0.6 is 11.6 Å². The molecule has 0 atom stereocenters. The number of nitrogens with zero attached hydrogens (tertiary/aromatic N) is 4. The van der Waals surface area contributed by atoms with Gasteiger partial charge in [0.25, 0.3) is 0 Å². The topological polar surface area (TPSA) is 55.6 Å². The number of alkyl halides is 3. The highest BCUT2D eigenvalue weighted by atomic mass is 35.5. The van der Waals surface area contributed by atoms with Gasteiger partial charge in [0.05, 0.1) is 10.9 Å². The number of hydrogen-bond donors (Lipinski definition) is 1. The minimum Gasteiger partial charge on any atom is -0.323 e. The van der Waals surface area contributed by atoms with Crippen molar-refractivity contribution in [2.24, 2.45) is 0 Å². The molecule has 0 aliphatic heterocycles. The Balaban J connectivity index is 2.02. The smallest absolute Gasteiger partial charge is 0.323 e. The van der Waals surface area contributed by atoms with Crippen LogP contribution in [0.1, 0.15) is 0 Å². The summed E-state index contributed by atoms with van der Waals surface area (Å²) in [6, 6.07) is 4.62. The van der Waals surface area contributed by atoms with Gasteiger partial charge >= 0.3 is 6.18 Å². The summed E-state index contributed by atoms with van der Waals surface area (Å²) in [5, 5.41) is 7.74. The van der Waals surface area contributed by atoms with E-state index in [1.165, 1.54) is 24.7 Å². The highest BCUT2D eigenvalue weighted by Crippen LogP contribution is 2.27. The van der Waals surface area contributed by atoms with E-state index in [1.807, 2.05) is 0 Å². The molecule has 9 heteroatoms. The van der Waals surface area contributed by atoms with Gasteiger partial charge in [0.15, 0.2) is 5.82 Å². The summed E-state index contributed by atoms with van der Waals surface area (Å²) < 4.78 is 38.8. The third-order valence-corrected chi connectivity index (χ3v) is 3.08. The van der Waals surface area contributed by atoms with E-state index in [-0.39, 0.29) is 5.82 Å². The van der Waals surface area contributed by atoms with Crippen LogP contribution in [0, 0.1) is 0 Å². The van der Waals surface area contributed by atoms with Crippen molar-refractivity contribution in [1.82, 2.24) is 19.7 Å². The molecule has 0 spiro atoms. The van der Waals surface area contributed by atoms with E-state index in [1.54, 1.807) is 12.1 Å². The first-order valence-electron chi connectivity index (χ1n) is 6.18. The van der Waals surface area contributed by atoms with Crippen LogP contribution in [0.25, 0.3) is 10.9 Å². The molecule has 0 radical (unpaired) electrons. The van der Waals surface area contributed by atoms with Crippen LogP contribution < -0.4 is 5.32 Å². The molecule has 3 aromatic rings. The fourth-order valence-corrected chi connectivity index (χ4v) is 2.16. The Morgan fingerprint density at radius 2 is 2.05 bits per heavy atom. The lowest BCUT2D eigenvalue weighted by atomic mass is 10.3. The van der Waals surface area contributed by atoms with Crippen LogP contribution in [0.2, 0.25) is 5.02 Å². The van der Waals surface area contributed by atoms with E-state index in [0.717, 1.165) is 4.68 Å². The molecule has 22 heavy (non-hydrogen) atoms. The molecule has 0 saturated carbocycles. The average molecular weight is 328 g/mol. The first-order valence-corrected chi connectivity index (χ1v) is 6.56. The minimum absolute atomic E-state index is 0.238. The van der Waals surface area contributed by atoms with Crippen molar-refractivity contribution in [2.45, 2.75) is 12.7 Å². The Morgan fingerprint density at radius 1 is 1.23 bits per heavy atom. The maximum absolute atomic E-state index is 12.6. The van der Waals surface area contributed by atoms with Crippen LogP contribution in [0.5, 0.6) is 0 Å². The summed E-state index contributed by atoms with van der Waals surface area (Å²) in [4.78, 5) is 7.96. The Labute approximate surface area is 127 Å². The van der Waals surface area contributed by atoms with Gasteiger partial charge in [0, 0.05) is 23.6 Å². The number of nitrogens with one attached hydrogen (secondary N) is 1. The fraction of sp³-hybridized carbons (Fsp3) is 0.154. The number of pyridine rings is 2. The number of aromatic nitrogens is 4. The zero-order valence-corrected chi connectivity index (χ0v) is 11.7. The van der Waals surface area contributed by atoms with Gasteiger partial charge in [-0.2, -0.15) is 18.3 Å². The monoisotopic (exact) mass is 327 g/mol. The van der Waals surface area contributed by atoms with Crippen molar-refractivity contribution < 1.29 is 13.2 Å². The lowest BCUT2D eigenvalue weighted by Gasteiger charge is -2.06. The van der Waals surface area contributed by atoms with E-state index < -0.39 is 12.7 Å². The second kappa shape index (κ2) is 5.45. The van der Waals surface area contributed by atoms with Gasteiger partial charge in [-0.3, -0.25) is 9.67 Å². The zero-order valence-electron chi connectivity index (χ0n) is 11.0. The molecule has 0 unspecified atom stereocenters. The molecule has 3 aromatic heterocycles. The van der Waals surface area contributed by atoms with E-state index in [0.29, 0.717) is 21.7 Å². The van der Waals surface area contributed by atoms with Crippen LogP contribution in [-0.4, -0.2) is 25.9 Å². The maximum Gasteiger partial charge on any atom is 0.408 e. The highest BCUT2D eigenvalue weighted by molar-refractivity contribution is 6.30. The first kappa shape index (κ1) is 14.6. The van der Waals surface area contributed by atoms with Gasteiger partial charge in [-0.25, -0.2) is 4.98 Å². The average Bonchev–Trinajstić information content (AvgIpc) is 2.75. The standard InChI is InChI=1S/C13H9ClF3N5/c14-8-1-4-19-11(5-8)20-12-9-6-18-3-2-10(9)22(21-12)7-13(15,16)17/h1-6H,7H2,(H,19,20,21). The van der Waals surface area contributed by atoms with Crippen LogP contribution in [0.3, 0.4) is 0 Å². The second-order valence-electron chi connectivity index (χ2n) is 4.50. The molecule has 5 nitrogen and oxygen atoms in total. The first-order chi connectivity index (χ1) is 10.4. The molecule has 114 valence electrons. The number of hydrogen-bond acceptors (Lipinski definition) is 4. The van der Waals surface area contributed by atoms with Crippen molar-refractivity contribution in [2.75, 3.05) is 5.32 Å². The molecule has 3 rings (SSSR count). The van der Waals surface area contributed by atoms with Crippen LogP contribution in [0.15, 0.2) is 36.8 Å². The van der Waals surface area contributed by atoms with Gasteiger partial charge in [-0.1, -0.05) is 11.6 Å². The van der Waals surface area contributed by atoms with Crippen molar-refractivity contribution >= 4 is 34.1 Å². The summed E-state index contributed by atoms with van der Waals surface area (Å²) >= 11 is 5.85. The number of rotatable bonds is 3. The van der Waals surface area contributed by atoms with E-state index in [2.05, 4.69) is 20.4 Å². The van der Waals surface area contributed by atoms with Crippen molar-refractivity contribution in [3.05, 3.63) is 41.8 Å². The maximum atomic E-state index is 12.6. The van der Waals surface area contributed by atoms with Gasteiger partial charge in [0.1, 0.15) is 12.4 Å². The van der Waals surface area contributed by atoms with Crippen molar-refractivity contribution in [1.29, 1.82) is 0 Å². The Hall–Kier alpha value is -2.35. The van der Waals surface area contributed by atoms with Gasteiger partial charge in [-0.15, -0.1) is 0 Å². The van der Waals surface area contributed by atoms with Gasteiger partial charge in [0.2, 0.25) is 0 Å². The van der Waals surface area contributed by atoms with Gasteiger partial charge in [-0.05, 0) is 18.2 Å². The third kappa shape index (κ3) is 3.11. The summed E-state index contributed by atoms with van der Waals surface area (Å²) in [6.07, 6.45) is -0.0218. The van der Waals surface area contributed by atoms with Crippen LogP contribution in [0.4, 0.5) is 24.8 Å². The van der Waals surface area contributed by atoms with Crippen LogP contribution in [-0.2, 0) is 6.54 Å². The summed E-state index contributed by atoms with van der Waals surface area (Å²) in [5.41, 5.74) is 0.330. The van der Waals surface area contributed by atoms with E-state index in [4.69, 9.17) is 11.6 Å². The molecular weight excluding hydrogens is 319 g/mol. The lowest BCUT2D eigenvalue weighted by Crippen LogP contribution is -2.18. The minimum atomic E-state index is -4.37. The third-order valence-electron chi connectivity index (χ3n) is 2.85. The largest absolute Gasteiger partial charge is 0.408 e. The molecule has 0 bridgehead atoms. The fourth-order valence-electron chi connectivity index (χ4n) is 2.00. The number of halogens is 4. The normalized spacial score (nSPS) is 11.8. The van der Waals surface area contributed by atoms with Crippen molar-refractivity contribution in [3.8, 4) is 0 Å². The number of anilines is 2. The molecule has 0 aromatic carbocycles. The van der Waals surface area contributed by atoms with Crippen molar-refractivity contribution in [3.63, 3.8) is 0 Å². The molecule has 0 aliphatic carbocycles. The Morgan fingerprint density at radius 3 is 2.77 bits per heavy atom. The molecule has 0 saturated heterocycles. The van der Waals surface area contributed by atoms with Gasteiger partial charge < -0.3 is 5.32 Å². The SMILES string of the molecule is FC(F)(F)Cn1nc(Nc2cc(Cl)ccn2)c2cnccc21. The second-order valence-corrected chi connectivity index (χ2v) is 4.93. The summed E-state index contributed by atoms with van der Waals surface area (Å²) in [6.45, 7) is -1.18. The molecule has 3 heterocycles. The Bertz CT molecular complexity index is 815. The van der Waals surface area contributed by atoms with E-state index >= 15 is 0 Å². The summed E-state index contributed by atoms with van der Waals surface area (Å²) in [5.74, 6) is 0.622. The van der Waals surface area contributed by atoms with E-state index in [9.17, 15) is 13.2 Å². The zero-order chi connectivity index (χ0) is 15.7. The molecule has 1 N–H and O–H groups in total. The quantitative estimate of drug-likeness (QED) is 0.795. The molecular formula is C13H9ClF3N5. The number of fused-ring (bicyclic) bond motifs is 1. The lowest BCUT2D eigenvalue weighted by molar-refractivity contribution is -0.141. The molecule has 0 aliphatic rings. The predicted octanol–water partition coefficient (Wildman–Crippen LogP) is 3.79. The Kier molecular flexibility index (Phi) is 3.61. The highest BCUT2D eigenvalue weighted by Gasteiger charge is 2.30. The molecule has 0 fully saturated rings. The molecule has 0 amide bonds. The summed E-state index contributed by atoms with van der Waals surface area (Å²) in [7, 11) is 0. The predicted molar refractivity (Wildman–Crippen MR) is 76.1 cm³/mol.